The Morgan fingerprint density at radius 3 is 2.14 bits per heavy atom. The zero-order valence-electron chi connectivity index (χ0n) is 24.0. The van der Waals surface area contributed by atoms with Crippen molar-refractivity contribution in [3.05, 3.63) is 107 Å². The van der Waals surface area contributed by atoms with E-state index in [4.69, 9.17) is 18.9 Å². The molecule has 5 nitrogen and oxygen atoms in total. The van der Waals surface area contributed by atoms with Crippen molar-refractivity contribution in [2.75, 3.05) is 6.61 Å². The van der Waals surface area contributed by atoms with Gasteiger partial charge in [-0.2, -0.15) is 13.2 Å². The van der Waals surface area contributed by atoms with Crippen molar-refractivity contribution in [1.29, 1.82) is 0 Å². The van der Waals surface area contributed by atoms with Crippen LogP contribution in [0, 0.1) is 13.8 Å². The van der Waals surface area contributed by atoms with Crippen LogP contribution in [-0.2, 0) is 28.5 Å². The predicted molar refractivity (Wildman–Crippen MR) is 155 cm³/mol. The molecule has 0 bridgehead atoms. The lowest BCUT2D eigenvalue weighted by Gasteiger charge is -2.17. The largest absolute Gasteiger partial charge is 0.466 e. The summed E-state index contributed by atoms with van der Waals surface area (Å²) in [6, 6.07) is 21.2. The molecular formula is C34H33F3O5. The van der Waals surface area contributed by atoms with Crippen molar-refractivity contribution in [2.45, 2.75) is 53.1 Å². The van der Waals surface area contributed by atoms with Gasteiger partial charge in [-0.05, 0) is 104 Å². The number of aryl methyl sites for hydroxylation is 4. The van der Waals surface area contributed by atoms with Gasteiger partial charge in [0, 0.05) is 12.5 Å². The monoisotopic (exact) mass is 578 g/mol. The smallest absolute Gasteiger partial charge is 0.416 e. The summed E-state index contributed by atoms with van der Waals surface area (Å²) in [5.74, 6) is 1.75. The lowest BCUT2D eigenvalue weighted by Crippen LogP contribution is -2.06. The second-order valence-electron chi connectivity index (χ2n) is 9.80. The Bertz CT molecular complexity index is 1540. The molecule has 0 atom stereocenters. The molecule has 0 aromatic heterocycles. The van der Waals surface area contributed by atoms with Crippen molar-refractivity contribution in [1.82, 2.24) is 0 Å². The summed E-state index contributed by atoms with van der Waals surface area (Å²) in [5.41, 5.74) is 2.87. The molecule has 0 aliphatic heterocycles. The Kier molecular flexibility index (Phi) is 9.78. The molecule has 0 spiro atoms. The molecule has 0 N–H and O–H groups in total. The van der Waals surface area contributed by atoms with E-state index in [1.807, 2.05) is 57.2 Å². The van der Waals surface area contributed by atoms with Crippen molar-refractivity contribution < 1.29 is 36.9 Å². The van der Waals surface area contributed by atoms with Crippen LogP contribution in [-0.4, -0.2) is 12.6 Å². The zero-order chi connectivity index (χ0) is 30.3. The van der Waals surface area contributed by atoms with Crippen molar-refractivity contribution in [2.24, 2.45) is 0 Å². The minimum absolute atomic E-state index is 0.0610. The second kappa shape index (κ2) is 13.5. The fourth-order valence-corrected chi connectivity index (χ4v) is 4.44. The number of esters is 1. The highest BCUT2D eigenvalue weighted by Crippen LogP contribution is 2.41. The Labute approximate surface area is 243 Å². The molecule has 4 aromatic carbocycles. The van der Waals surface area contributed by atoms with E-state index in [9.17, 15) is 18.0 Å². The van der Waals surface area contributed by atoms with Crippen molar-refractivity contribution in [3.63, 3.8) is 0 Å². The van der Waals surface area contributed by atoms with E-state index in [2.05, 4.69) is 0 Å². The Morgan fingerprint density at radius 2 is 1.45 bits per heavy atom. The second-order valence-corrected chi connectivity index (χ2v) is 9.80. The van der Waals surface area contributed by atoms with Gasteiger partial charge in [0.2, 0.25) is 0 Å². The number of carbonyl (C=O) groups excluding carboxylic acids is 1. The normalized spacial score (nSPS) is 11.2. The maximum Gasteiger partial charge on any atom is 0.416 e. The first-order valence-electron chi connectivity index (χ1n) is 13.7. The van der Waals surface area contributed by atoms with Gasteiger partial charge in [-0.1, -0.05) is 31.2 Å². The number of alkyl halides is 3. The predicted octanol–water partition coefficient (Wildman–Crippen LogP) is 9.76. The number of ether oxygens (including phenoxy) is 4. The quantitative estimate of drug-likeness (QED) is 0.166. The van der Waals surface area contributed by atoms with E-state index in [1.54, 1.807) is 31.2 Å². The van der Waals surface area contributed by atoms with E-state index in [-0.39, 0.29) is 17.5 Å². The fraction of sp³-hybridized carbons (Fsp3) is 0.265. The van der Waals surface area contributed by atoms with Crippen LogP contribution in [0.5, 0.6) is 34.5 Å². The van der Waals surface area contributed by atoms with Crippen LogP contribution >= 0.6 is 0 Å². The van der Waals surface area contributed by atoms with Crippen molar-refractivity contribution in [3.8, 4) is 34.5 Å². The third kappa shape index (κ3) is 8.06. The number of hydrogen-bond donors (Lipinski definition) is 0. The first-order chi connectivity index (χ1) is 20.0. The van der Waals surface area contributed by atoms with E-state index in [0.29, 0.717) is 42.4 Å². The maximum absolute atomic E-state index is 13.5. The molecule has 4 rings (SSSR count). The molecule has 0 radical (unpaired) electrons. The molecule has 8 heteroatoms. The van der Waals surface area contributed by atoms with E-state index in [1.165, 1.54) is 6.07 Å². The summed E-state index contributed by atoms with van der Waals surface area (Å²) < 4.78 is 63.7. The fourth-order valence-electron chi connectivity index (χ4n) is 4.44. The molecule has 0 aliphatic rings. The summed E-state index contributed by atoms with van der Waals surface area (Å²) in [7, 11) is 0. The maximum atomic E-state index is 13.5. The van der Waals surface area contributed by atoms with Gasteiger partial charge in [0.25, 0.3) is 0 Å². The molecule has 0 amide bonds. The van der Waals surface area contributed by atoms with Gasteiger partial charge in [-0.25, -0.2) is 0 Å². The number of benzene rings is 4. The average Bonchev–Trinajstić information content (AvgIpc) is 2.93. The number of para-hydroxylation sites is 1. The molecule has 0 saturated heterocycles. The van der Waals surface area contributed by atoms with Crippen LogP contribution in [0.25, 0.3) is 0 Å². The van der Waals surface area contributed by atoms with Gasteiger partial charge < -0.3 is 18.9 Å². The van der Waals surface area contributed by atoms with Gasteiger partial charge in [-0.3, -0.25) is 4.79 Å². The van der Waals surface area contributed by atoms with Gasteiger partial charge in [0.1, 0.15) is 23.0 Å². The number of hydrogen-bond acceptors (Lipinski definition) is 5. The molecule has 42 heavy (non-hydrogen) atoms. The van der Waals surface area contributed by atoms with Gasteiger partial charge in [0.15, 0.2) is 11.5 Å². The number of halogens is 3. The van der Waals surface area contributed by atoms with Crippen LogP contribution in [0.2, 0.25) is 0 Å². The van der Waals surface area contributed by atoms with E-state index in [0.717, 1.165) is 40.8 Å². The van der Waals surface area contributed by atoms with E-state index >= 15 is 0 Å². The average molecular weight is 579 g/mol. The van der Waals surface area contributed by atoms with Crippen LogP contribution in [0.4, 0.5) is 13.2 Å². The van der Waals surface area contributed by atoms with Gasteiger partial charge in [-0.15, -0.1) is 0 Å². The molecular weight excluding hydrogens is 545 g/mol. The highest BCUT2D eigenvalue weighted by atomic mass is 19.4. The van der Waals surface area contributed by atoms with Crippen molar-refractivity contribution >= 4 is 5.97 Å². The van der Waals surface area contributed by atoms with Crippen LogP contribution < -0.4 is 14.2 Å². The summed E-state index contributed by atoms with van der Waals surface area (Å²) in [6.45, 7) is 7.85. The third-order valence-corrected chi connectivity index (χ3v) is 6.53. The molecule has 0 heterocycles. The standard InChI is InChI=1S/C34H33F3O5/c1-5-24-19-27(14-11-25(24)12-16-33(38)39-6-2)40-28-17-22(3)18-29(21-28)41-31-15-13-26(34(35,36)37)20-32(31)42-30-10-8-7-9-23(30)4/h7-11,13-15,17-21H,5-6,12,16H2,1-4H3. The SMILES string of the molecule is CCOC(=O)CCc1ccc(Oc2cc(C)cc(Oc3ccc(C(F)(F)F)cc3Oc3ccccc3C)c2)cc1CC. The Balaban J connectivity index is 1.58. The highest BCUT2D eigenvalue weighted by molar-refractivity contribution is 5.69. The molecule has 0 fully saturated rings. The number of rotatable bonds is 11. The van der Waals surface area contributed by atoms with Gasteiger partial charge in [0.05, 0.1) is 12.2 Å². The zero-order valence-corrected chi connectivity index (χ0v) is 24.0. The molecule has 0 saturated carbocycles. The summed E-state index contributed by atoms with van der Waals surface area (Å²) in [5, 5.41) is 0. The molecule has 0 unspecified atom stereocenters. The van der Waals surface area contributed by atoms with Gasteiger partial charge >= 0.3 is 12.1 Å². The Hall–Kier alpha value is -4.46. The van der Waals surface area contributed by atoms with E-state index < -0.39 is 11.7 Å². The summed E-state index contributed by atoms with van der Waals surface area (Å²) >= 11 is 0. The molecule has 4 aromatic rings. The first-order valence-corrected chi connectivity index (χ1v) is 13.7. The minimum Gasteiger partial charge on any atom is -0.466 e. The lowest BCUT2D eigenvalue weighted by atomic mass is 10.0. The highest BCUT2D eigenvalue weighted by Gasteiger charge is 2.32. The Morgan fingerprint density at radius 1 is 0.714 bits per heavy atom. The molecule has 0 aliphatic carbocycles. The lowest BCUT2D eigenvalue weighted by molar-refractivity contribution is -0.143. The van der Waals surface area contributed by atoms with Crippen LogP contribution in [0.15, 0.2) is 78.9 Å². The molecule has 220 valence electrons. The number of carbonyl (C=O) groups is 1. The van der Waals surface area contributed by atoms with Crippen LogP contribution in [0.3, 0.4) is 0 Å². The third-order valence-electron chi connectivity index (χ3n) is 6.53. The minimum atomic E-state index is -4.54. The van der Waals surface area contributed by atoms with Crippen LogP contribution in [0.1, 0.15) is 48.1 Å². The first kappa shape index (κ1) is 30.5. The summed E-state index contributed by atoms with van der Waals surface area (Å²) in [6.07, 6.45) is -2.91. The summed E-state index contributed by atoms with van der Waals surface area (Å²) in [4.78, 5) is 11.8. The topological polar surface area (TPSA) is 54.0 Å².